The van der Waals surface area contributed by atoms with Gasteiger partial charge in [0, 0.05) is 23.8 Å². The first-order valence-corrected chi connectivity index (χ1v) is 8.39. The summed E-state index contributed by atoms with van der Waals surface area (Å²) < 4.78 is 0.806. The molecule has 1 amide bonds. The van der Waals surface area contributed by atoms with E-state index >= 15 is 0 Å². The molecule has 2 aromatic heterocycles. The first-order chi connectivity index (χ1) is 10.7. The molecule has 6 heteroatoms. The van der Waals surface area contributed by atoms with E-state index in [1.165, 1.54) is 0 Å². The smallest absolute Gasteiger partial charge is 0.270 e. The Morgan fingerprint density at radius 3 is 2.95 bits per heavy atom. The molecule has 2 aromatic rings. The first-order valence-electron chi connectivity index (χ1n) is 7.60. The minimum Gasteiger partial charge on any atom is -0.347 e. The number of fused-ring (bicyclic) bond motifs is 1. The molecule has 0 aromatic carbocycles. The number of halogens is 1. The zero-order valence-electron chi connectivity index (χ0n) is 12.1. The van der Waals surface area contributed by atoms with E-state index in [0.29, 0.717) is 17.2 Å². The molecule has 0 radical (unpaired) electrons. The molecule has 1 spiro atoms. The van der Waals surface area contributed by atoms with E-state index in [2.05, 4.69) is 36.5 Å². The molecule has 0 bridgehead atoms. The Kier molecular flexibility index (Phi) is 3.38. The number of hydrogen-bond donors (Lipinski definition) is 2. The molecule has 1 aliphatic carbocycles. The first kappa shape index (κ1) is 14.1. The molecule has 1 aliphatic heterocycles. The molecule has 22 heavy (non-hydrogen) atoms. The topological polar surface area (TPSA) is 66.9 Å². The van der Waals surface area contributed by atoms with Crippen molar-refractivity contribution in [3.63, 3.8) is 0 Å². The van der Waals surface area contributed by atoms with Crippen molar-refractivity contribution in [2.45, 2.75) is 25.3 Å². The summed E-state index contributed by atoms with van der Waals surface area (Å²) in [6, 6.07) is 3.96. The average Bonchev–Trinajstić information content (AvgIpc) is 3.19. The van der Waals surface area contributed by atoms with Crippen molar-refractivity contribution in [2.24, 2.45) is 5.41 Å². The lowest BCUT2D eigenvalue weighted by molar-refractivity contribution is 0.0938. The van der Waals surface area contributed by atoms with Gasteiger partial charge in [-0.15, -0.1) is 0 Å². The van der Waals surface area contributed by atoms with Crippen LogP contribution in [0.5, 0.6) is 0 Å². The van der Waals surface area contributed by atoms with Crippen LogP contribution in [0.4, 0.5) is 0 Å². The maximum absolute atomic E-state index is 12.5. The largest absolute Gasteiger partial charge is 0.347 e. The van der Waals surface area contributed by atoms with E-state index in [9.17, 15) is 4.79 Å². The number of carbonyl (C=O) groups excluding carboxylic acids is 1. The van der Waals surface area contributed by atoms with E-state index in [0.717, 1.165) is 47.7 Å². The highest BCUT2D eigenvalue weighted by molar-refractivity contribution is 9.10. The van der Waals surface area contributed by atoms with Crippen molar-refractivity contribution >= 4 is 32.7 Å². The summed E-state index contributed by atoms with van der Waals surface area (Å²) in [5.41, 5.74) is 1.58. The van der Waals surface area contributed by atoms with Gasteiger partial charge in [0.2, 0.25) is 0 Å². The Balaban J connectivity index is 1.52. The molecular weight excluding hydrogens is 344 g/mol. The highest BCUT2D eigenvalue weighted by Crippen LogP contribution is 2.52. The van der Waals surface area contributed by atoms with Gasteiger partial charge in [0.25, 0.3) is 5.91 Å². The summed E-state index contributed by atoms with van der Waals surface area (Å²) in [5.74, 6) is -0.0778. The summed E-state index contributed by atoms with van der Waals surface area (Å²) >= 11 is 3.44. The minimum atomic E-state index is -0.0778. The molecule has 3 heterocycles. The molecule has 1 saturated carbocycles. The summed E-state index contributed by atoms with van der Waals surface area (Å²) in [6.07, 6.45) is 6.85. The van der Waals surface area contributed by atoms with Crippen LogP contribution in [0.2, 0.25) is 0 Å². The molecule has 1 atom stereocenters. The maximum Gasteiger partial charge on any atom is 0.270 e. The number of amides is 1. The number of pyridine rings is 2. The zero-order valence-corrected chi connectivity index (χ0v) is 13.7. The van der Waals surface area contributed by atoms with E-state index in [1.54, 1.807) is 18.5 Å². The number of piperidine rings is 1. The van der Waals surface area contributed by atoms with Crippen LogP contribution in [0, 0.1) is 5.41 Å². The molecule has 2 aliphatic rings. The molecule has 114 valence electrons. The van der Waals surface area contributed by atoms with Gasteiger partial charge in [-0.2, -0.15) is 0 Å². The fourth-order valence-electron chi connectivity index (χ4n) is 3.40. The highest BCUT2D eigenvalue weighted by Gasteiger charge is 2.54. The number of nitrogens with zero attached hydrogens (tertiary/aromatic N) is 2. The third kappa shape index (κ3) is 2.40. The van der Waals surface area contributed by atoms with Crippen molar-refractivity contribution in [1.29, 1.82) is 0 Å². The Morgan fingerprint density at radius 1 is 1.32 bits per heavy atom. The van der Waals surface area contributed by atoms with Crippen LogP contribution in [0.25, 0.3) is 10.9 Å². The fraction of sp³-hybridized carbons (Fsp3) is 0.438. The van der Waals surface area contributed by atoms with Crippen LogP contribution >= 0.6 is 15.9 Å². The minimum absolute atomic E-state index is 0.0778. The van der Waals surface area contributed by atoms with Crippen LogP contribution in [-0.4, -0.2) is 35.0 Å². The Labute approximate surface area is 137 Å². The van der Waals surface area contributed by atoms with Crippen LogP contribution < -0.4 is 10.6 Å². The van der Waals surface area contributed by atoms with E-state index < -0.39 is 0 Å². The molecule has 2 N–H and O–H groups in total. The van der Waals surface area contributed by atoms with Gasteiger partial charge in [0.1, 0.15) is 5.69 Å². The monoisotopic (exact) mass is 360 g/mol. The molecular formula is C16H17BrN4O. The lowest BCUT2D eigenvalue weighted by atomic mass is 9.94. The lowest BCUT2D eigenvalue weighted by Gasteiger charge is -2.23. The van der Waals surface area contributed by atoms with Gasteiger partial charge in [0.15, 0.2) is 0 Å². The normalized spacial score (nSPS) is 22.7. The van der Waals surface area contributed by atoms with E-state index in [4.69, 9.17) is 0 Å². The number of hydrogen-bond acceptors (Lipinski definition) is 4. The molecule has 2 fully saturated rings. The van der Waals surface area contributed by atoms with Crippen LogP contribution in [-0.2, 0) is 0 Å². The van der Waals surface area contributed by atoms with Gasteiger partial charge in [-0.05, 0) is 65.8 Å². The summed E-state index contributed by atoms with van der Waals surface area (Å²) in [7, 11) is 0. The van der Waals surface area contributed by atoms with E-state index in [1.807, 2.05) is 6.07 Å². The second kappa shape index (κ2) is 5.28. The highest BCUT2D eigenvalue weighted by atomic mass is 79.9. The summed E-state index contributed by atoms with van der Waals surface area (Å²) in [5, 5.41) is 7.45. The Morgan fingerprint density at radius 2 is 2.14 bits per heavy atom. The van der Waals surface area contributed by atoms with Gasteiger partial charge in [0.05, 0.1) is 9.99 Å². The zero-order chi connectivity index (χ0) is 15.2. The maximum atomic E-state index is 12.5. The fourth-order valence-corrected chi connectivity index (χ4v) is 3.83. The van der Waals surface area contributed by atoms with E-state index in [-0.39, 0.29) is 5.91 Å². The van der Waals surface area contributed by atoms with Gasteiger partial charge in [-0.25, -0.2) is 4.98 Å². The second-order valence-corrected chi connectivity index (χ2v) is 7.09. The quantitative estimate of drug-likeness (QED) is 0.861. The van der Waals surface area contributed by atoms with Gasteiger partial charge in [-0.3, -0.25) is 9.78 Å². The van der Waals surface area contributed by atoms with Crippen molar-refractivity contribution in [3.8, 4) is 0 Å². The standard InChI is InChI=1S/C16H17BrN4O/c17-11-9-19-8-10-1-2-12(20-14(10)11)15(22)21-13-7-16(13)3-5-18-6-4-16/h1-2,8-9,13,18H,3-7H2,(H,21,22). The van der Waals surface area contributed by atoms with Gasteiger partial charge in [-0.1, -0.05) is 0 Å². The van der Waals surface area contributed by atoms with Crippen molar-refractivity contribution in [1.82, 2.24) is 20.6 Å². The van der Waals surface area contributed by atoms with Crippen LogP contribution in [0.3, 0.4) is 0 Å². The summed E-state index contributed by atoms with van der Waals surface area (Å²) in [6.45, 7) is 2.11. The number of aromatic nitrogens is 2. The van der Waals surface area contributed by atoms with Crippen LogP contribution in [0.1, 0.15) is 29.8 Å². The molecule has 5 nitrogen and oxygen atoms in total. The number of carbonyl (C=O) groups is 1. The SMILES string of the molecule is O=C(NC1CC12CCNCC2)c1ccc2cncc(Br)c2n1. The van der Waals surface area contributed by atoms with Gasteiger partial charge >= 0.3 is 0 Å². The summed E-state index contributed by atoms with van der Waals surface area (Å²) in [4.78, 5) is 21.0. The van der Waals surface area contributed by atoms with Crippen molar-refractivity contribution in [3.05, 3.63) is 34.7 Å². The molecule has 1 unspecified atom stereocenters. The average molecular weight is 361 g/mol. The number of nitrogens with one attached hydrogen (secondary N) is 2. The van der Waals surface area contributed by atoms with Crippen molar-refractivity contribution < 1.29 is 4.79 Å². The predicted octanol–water partition coefficient (Wildman–Crippen LogP) is 2.26. The molecule has 1 saturated heterocycles. The Hall–Kier alpha value is -1.53. The van der Waals surface area contributed by atoms with Gasteiger partial charge < -0.3 is 10.6 Å². The third-order valence-electron chi connectivity index (χ3n) is 4.88. The molecule has 4 rings (SSSR count). The third-order valence-corrected chi connectivity index (χ3v) is 5.46. The second-order valence-electron chi connectivity index (χ2n) is 6.23. The predicted molar refractivity (Wildman–Crippen MR) is 87.6 cm³/mol. The van der Waals surface area contributed by atoms with Crippen LogP contribution in [0.15, 0.2) is 29.0 Å². The Bertz CT molecular complexity index is 742. The van der Waals surface area contributed by atoms with Crippen molar-refractivity contribution in [2.75, 3.05) is 13.1 Å². The number of rotatable bonds is 2. The lowest BCUT2D eigenvalue weighted by Crippen LogP contribution is -2.36.